The summed E-state index contributed by atoms with van der Waals surface area (Å²) in [6, 6.07) is 4.24. The van der Waals surface area contributed by atoms with Gasteiger partial charge in [-0.05, 0) is 45.2 Å². The van der Waals surface area contributed by atoms with Gasteiger partial charge in [0.1, 0.15) is 28.0 Å². The van der Waals surface area contributed by atoms with Crippen LogP contribution >= 0.6 is 23.1 Å². The second-order valence-electron chi connectivity index (χ2n) is 8.88. The van der Waals surface area contributed by atoms with Gasteiger partial charge < -0.3 is 9.84 Å². The number of hydrogen-bond donors (Lipinski definition) is 2. The lowest BCUT2D eigenvalue weighted by Gasteiger charge is -2.19. The number of ether oxygens (including phenoxy) is 1. The number of rotatable bonds is 3. The monoisotopic (exact) mass is 568 g/mol. The van der Waals surface area contributed by atoms with E-state index in [4.69, 9.17) is 4.74 Å². The number of thioether (sulfide) groups is 1. The van der Waals surface area contributed by atoms with Gasteiger partial charge in [0.25, 0.3) is 0 Å². The van der Waals surface area contributed by atoms with Crippen LogP contribution in [0.5, 0.6) is 5.88 Å². The van der Waals surface area contributed by atoms with E-state index in [0.717, 1.165) is 29.2 Å². The molecule has 0 aliphatic heterocycles. The van der Waals surface area contributed by atoms with Crippen molar-refractivity contribution < 1.29 is 36.6 Å². The molecule has 0 atom stereocenters. The van der Waals surface area contributed by atoms with Crippen LogP contribution in [0.4, 0.5) is 31.7 Å². The van der Waals surface area contributed by atoms with Crippen molar-refractivity contribution >= 4 is 55.2 Å². The molecule has 4 rings (SSSR count). The molecule has 198 valence electrons. The van der Waals surface area contributed by atoms with Crippen molar-refractivity contribution in [2.24, 2.45) is 0 Å². The van der Waals surface area contributed by atoms with Gasteiger partial charge in [-0.2, -0.15) is 23.4 Å². The maximum absolute atomic E-state index is 15.9. The van der Waals surface area contributed by atoms with Gasteiger partial charge in [0, 0.05) is 21.2 Å². The summed E-state index contributed by atoms with van der Waals surface area (Å²) >= 11 is 1.68. The molecule has 0 bridgehead atoms. The van der Waals surface area contributed by atoms with E-state index in [1.807, 2.05) is 0 Å². The van der Waals surface area contributed by atoms with Crippen molar-refractivity contribution in [2.45, 2.75) is 37.7 Å². The molecule has 38 heavy (non-hydrogen) atoms. The molecule has 2 N–H and O–H groups in total. The molecular weight excluding hydrogens is 551 g/mol. The van der Waals surface area contributed by atoms with Gasteiger partial charge in [0.05, 0.1) is 16.5 Å². The van der Waals surface area contributed by atoms with Crippen LogP contribution in [-0.4, -0.2) is 33.0 Å². The fourth-order valence-corrected chi connectivity index (χ4v) is 5.16. The summed E-state index contributed by atoms with van der Waals surface area (Å²) in [5.74, 6) is -3.69. The third-order valence-electron chi connectivity index (χ3n) is 5.16. The van der Waals surface area contributed by atoms with Crippen LogP contribution in [0, 0.1) is 23.0 Å². The Labute approximate surface area is 220 Å². The van der Waals surface area contributed by atoms with E-state index in [-0.39, 0.29) is 25.8 Å². The SMILES string of the molecule is CSc1nc(O)c2cc(C(F)(F)F)c(-c3c(F)ccc4sc(NC(=O)OC(C)(C)C)c(C#N)c34)c(F)c2n1. The molecule has 7 nitrogen and oxygen atoms in total. The number of benzene rings is 2. The van der Waals surface area contributed by atoms with Crippen LogP contribution in [0.25, 0.3) is 32.1 Å². The molecule has 0 saturated carbocycles. The van der Waals surface area contributed by atoms with Gasteiger partial charge in [0.15, 0.2) is 11.0 Å². The number of hydrogen-bond acceptors (Lipinski definition) is 8. The average Bonchev–Trinajstić information content (AvgIpc) is 3.14. The minimum Gasteiger partial charge on any atom is -0.493 e. The molecule has 0 fully saturated rings. The predicted molar refractivity (Wildman–Crippen MR) is 133 cm³/mol. The second-order valence-corrected chi connectivity index (χ2v) is 10.7. The number of fused-ring (bicyclic) bond motifs is 2. The fraction of sp³-hybridized carbons (Fsp3) is 0.250. The Morgan fingerprint density at radius 2 is 1.87 bits per heavy atom. The van der Waals surface area contributed by atoms with Crippen LogP contribution < -0.4 is 5.32 Å². The first-order valence-electron chi connectivity index (χ1n) is 10.7. The molecule has 0 radical (unpaired) electrons. The summed E-state index contributed by atoms with van der Waals surface area (Å²) in [6.45, 7) is 4.80. The zero-order valence-corrected chi connectivity index (χ0v) is 21.7. The lowest BCUT2D eigenvalue weighted by molar-refractivity contribution is -0.137. The highest BCUT2D eigenvalue weighted by atomic mass is 32.2. The number of nitrogens with one attached hydrogen (secondary N) is 1. The van der Waals surface area contributed by atoms with Gasteiger partial charge >= 0.3 is 12.3 Å². The van der Waals surface area contributed by atoms with Crippen molar-refractivity contribution in [3.05, 3.63) is 41.0 Å². The highest BCUT2D eigenvalue weighted by Crippen LogP contribution is 2.48. The van der Waals surface area contributed by atoms with E-state index in [9.17, 15) is 28.3 Å². The summed E-state index contributed by atoms with van der Waals surface area (Å²) in [7, 11) is 0. The minimum absolute atomic E-state index is 0.104. The fourth-order valence-electron chi connectivity index (χ4n) is 3.75. The number of thiophene rings is 1. The standard InChI is InChI=1S/C24H17F5N4O3S2/c1-23(2,3)36-22(35)33-20-10(8-30)14-13(38-20)6-5-12(25)16(14)15-11(24(27,28)29)7-9-18(17(15)26)31-21(37-4)32-19(9)34/h5-7H,1-4H3,(H,33,35)(H,31,32,34). The van der Waals surface area contributed by atoms with E-state index in [1.54, 1.807) is 26.8 Å². The van der Waals surface area contributed by atoms with Crippen LogP contribution in [0.1, 0.15) is 31.9 Å². The molecule has 1 amide bonds. The van der Waals surface area contributed by atoms with E-state index < -0.39 is 63.0 Å². The van der Waals surface area contributed by atoms with Crippen molar-refractivity contribution in [3.63, 3.8) is 0 Å². The Kier molecular flexibility index (Phi) is 6.87. The van der Waals surface area contributed by atoms with E-state index >= 15 is 8.78 Å². The molecule has 0 saturated heterocycles. The third-order valence-corrected chi connectivity index (χ3v) is 6.78. The van der Waals surface area contributed by atoms with Crippen LogP contribution in [-0.2, 0) is 10.9 Å². The Bertz CT molecular complexity index is 1660. The topological polar surface area (TPSA) is 108 Å². The molecule has 0 aliphatic carbocycles. The molecule has 0 spiro atoms. The van der Waals surface area contributed by atoms with Crippen LogP contribution in [0.2, 0.25) is 0 Å². The van der Waals surface area contributed by atoms with Crippen molar-refractivity contribution in [1.82, 2.24) is 9.97 Å². The number of carbonyl (C=O) groups excluding carboxylic acids is 1. The average molecular weight is 569 g/mol. The Hall–Kier alpha value is -3.70. The molecule has 14 heteroatoms. The van der Waals surface area contributed by atoms with E-state index in [2.05, 4.69) is 15.3 Å². The number of nitriles is 1. The zero-order chi connectivity index (χ0) is 28.2. The summed E-state index contributed by atoms with van der Waals surface area (Å²) < 4.78 is 79.2. The largest absolute Gasteiger partial charge is 0.493 e. The molecule has 4 aromatic rings. The number of nitrogens with zero attached hydrogens (tertiary/aromatic N) is 3. The zero-order valence-electron chi connectivity index (χ0n) is 20.0. The molecular formula is C24H17F5N4O3S2. The number of alkyl halides is 3. The van der Waals surface area contributed by atoms with Gasteiger partial charge in [-0.25, -0.2) is 18.6 Å². The van der Waals surface area contributed by atoms with E-state index in [0.29, 0.717) is 6.07 Å². The highest BCUT2D eigenvalue weighted by Gasteiger charge is 2.39. The quantitative estimate of drug-likeness (QED) is 0.150. The van der Waals surface area contributed by atoms with E-state index in [1.165, 1.54) is 12.3 Å². The Balaban J connectivity index is 2.10. The van der Waals surface area contributed by atoms with Gasteiger partial charge in [-0.1, -0.05) is 11.8 Å². The van der Waals surface area contributed by atoms with Gasteiger partial charge in [-0.15, -0.1) is 11.3 Å². The number of halogens is 5. The maximum atomic E-state index is 15.9. The minimum atomic E-state index is -5.20. The molecule has 0 unspecified atom stereocenters. The number of carbonyl (C=O) groups is 1. The molecule has 2 aromatic carbocycles. The first-order chi connectivity index (χ1) is 17.7. The van der Waals surface area contributed by atoms with Crippen LogP contribution in [0.3, 0.4) is 0 Å². The third kappa shape index (κ3) is 4.91. The van der Waals surface area contributed by atoms with Crippen LogP contribution in [0.15, 0.2) is 23.4 Å². The van der Waals surface area contributed by atoms with Crippen molar-refractivity contribution in [3.8, 4) is 23.1 Å². The predicted octanol–water partition coefficient (Wildman–Crippen LogP) is 7.45. The summed E-state index contributed by atoms with van der Waals surface area (Å²) in [5, 5.41) is 21.2. The summed E-state index contributed by atoms with van der Waals surface area (Å²) in [4.78, 5) is 19.8. The summed E-state index contributed by atoms with van der Waals surface area (Å²) in [5.41, 5.74) is -5.60. The lowest BCUT2D eigenvalue weighted by atomic mass is 9.92. The van der Waals surface area contributed by atoms with Gasteiger partial charge in [-0.3, -0.25) is 5.32 Å². The van der Waals surface area contributed by atoms with Crippen molar-refractivity contribution in [2.75, 3.05) is 11.6 Å². The first kappa shape index (κ1) is 27.3. The Morgan fingerprint density at radius 3 is 2.45 bits per heavy atom. The number of anilines is 1. The normalized spacial score (nSPS) is 12.1. The maximum Gasteiger partial charge on any atom is 0.417 e. The molecule has 2 aromatic heterocycles. The first-order valence-corrected chi connectivity index (χ1v) is 12.7. The Morgan fingerprint density at radius 1 is 1.18 bits per heavy atom. The number of aromatic hydroxyl groups is 1. The number of amides is 1. The van der Waals surface area contributed by atoms with Crippen molar-refractivity contribution in [1.29, 1.82) is 5.26 Å². The number of aromatic nitrogens is 2. The second kappa shape index (κ2) is 9.55. The lowest BCUT2D eigenvalue weighted by Crippen LogP contribution is -2.27. The summed E-state index contributed by atoms with van der Waals surface area (Å²) in [6.07, 6.45) is -4.65. The highest BCUT2D eigenvalue weighted by molar-refractivity contribution is 7.98. The molecule has 0 aliphatic rings. The smallest absolute Gasteiger partial charge is 0.417 e. The molecule has 2 heterocycles. The van der Waals surface area contributed by atoms with Gasteiger partial charge in [0.2, 0.25) is 5.88 Å².